The van der Waals surface area contributed by atoms with Gasteiger partial charge in [0.25, 0.3) is 5.91 Å². The fraction of sp³-hybridized carbons (Fsp3) is 0.280. The monoisotopic (exact) mass is 456 g/mol. The Labute approximate surface area is 188 Å². The molecule has 5 nitrogen and oxygen atoms in total. The van der Waals surface area contributed by atoms with Crippen molar-refractivity contribution >= 4 is 22.6 Å². The second-order valence-corrected chi connectivity index (χ2v) is 8.07. The summed E-state index contributed by atoms with van der Waals surface area (Å²) >= 11 is 0. The molecule has 1 fully saturated rings. The molecular formula is C25H23F3N2O3. The fourth-order valence-corrected chi connectivity index (χ4v) is 4.23. The molecule has 3 aromatic carbocycles. The molecule has 2 N–H and O–H groups in total. The van der Waals surface area contributed by atoms with Crippen LogP contribution < -0.4 is 10.5 Å². The summed E-state index contributed by atoms with van der Waals surface area (Å²) in [5.41, 5.74) is 7.87. The molecule has 1 aliphatic rings. The van der Waals surface area contributed by atoms with E-state index in [1.807, 2.05) is 18.2 Å². The highest BCUT2D eigenvalue weighted by atomic mass is 19.4. The third kappa shape index (κ3) is 4.85. The molecule has 1 heterocycles. The van der Waals surface area contributed by atoms with Gasteiger partial charge in [0.1, 0.15) is 0 Å². The molecule has 4 rings (SSSR count). The van der Waals surface area contributed by atoms with Crippen molar-refractivity contribution in [2.75, 3.05) is 13.1 Å². The maximum absolute atomic E-state index is 13.3. The lowest BCUT2D eigenvalue weighted by Crippen LogP contribution is -2.38. The third-order valence-electron chi connectivity index (χ3n) is 5.98. The van der Waals surface area contributed by atoms with Gasteiger partial charge in [-0.05, 0) is 41.3 Å². The van der Waals surface area contributed by atoms with Crippen LogP contribution in [0.25, 0.3) is 10.8 Å². The molecule has 33 heavy (non-hydrogen) atoms. The second kappa shape index (κ2) is 9.23. The Morgan fingerprint density at radius 3 is 2.42 bits per heavy atom. The SMILES string of the molecule is NCc1cccc(C2CCN(C(=O)c3ccc4ccccc4c3OC(=O)C(F)(F)F)CC2)c1. The Morgan fingerprint density at radius 1 is 1.00 bits per heavy atom. The lowest BCUT2D eigenvalue weighted by molar-refractivity contribution is -0.189. The number of hydrogen-bond acceptors (Lipinski definition) is 4. The van der Waals surface area contributed by atoms with Crippen LogP contribution in [0.5, 0.6) is 5.75 Å². The minimum atomic E-state index is -5.17. The van der Waals surface area contributed by atoms with E-state index < -0.39 is 18.1 Å². The van der Waals surface area contributed by atoms with Crippen LogP contribution in [0.15, 0.2) is 60.7 Å². The van der Waals surface area contributed by atoms with Gasteiger partial charge in [-0.2, -0.15) is 13.2 Å². The van der Waals surface area contributed by atoms with E-state index in [-0.39, 0.29) is 22.6 Å². The normalized spacial score (nSPS) is 15.0. The van der Waals surface area contributed by atoms with Gasteiger partial charge in [-0.15, -0.1) is 0 Å². The van der Waals surface area contributed by atoms with Gasteiger partial charge >= 0.3 is 12.1 Å². The fourth-order valence-electron chi connectivity index (χ4n) is 4.23. The summed E-state index contributed by atoms with van der Waals surface area (Å²) in [6.07, 6.45) is -3.75. The molecule has 0 saturated carbocycles. The zero-order chi connectivity index (χ0) is 23.6. The molecule has 0 unspecified atom stereocenters. The lowest BCUT2D eigenvalue weighted by Gasteiger charge is -2.33. The van der Waals surface area contributed by atoms with Gasteiger partial charge in [-0.1, -0.05) is 54.6 Å². The lowest BCUT2D eigenvalue weighted by atomic mass is 9.88. The van der Waals surface area contributed by atoms with Crippen LogP contribution in [0, 0.1) is 0 Å². The highest BCUT2D eigenvalue weighted by Crippen LogP contribution is 2.35. The third-order valence-corrected chi connectivity index (χ3v) is 5.98. The number of hydrogen-bond donors (Lipinski definition) is 1. The van der Waals surface area contributed by atoms with Gasteiger partial charge in [0.05, 0.1) is 5.56 Å². The maximum Gasteiger partial charge on any atom is 0.491 e. The molecular weight excluding hydrogens is 433 g/mol. The highest BCUT2D eigenvalue weighted by molar-refractivity contribution is 6.05. The van der Waals surface area contributed by atoms with E-state index >= 15 is 0 Å². The first kappa shape index (κ1) is 22.8. The van der Waals surface area contributed by atoms with Gasteiger partial charge in [0.2, 0.25) is 0 Å². The van der Waals surface area contributed by atoms with Crippen molar-refractivity contribution in [2.24, 2.45) is 5.73 Å². The van der Waals surface area contributed by atoms with Crippen molar-refractivity contribution in [3.63, 3.8) is 0 Å². The van der Waals surface area contributed by atoms with Gasteiger partial charge in [-0.25, -0.2) is 4.79 Å². The Kier molecular flexibility index (Phi) is 6.37. The zero-order valence-corrected chi connectivity index (χ0v) is 17.8. The number of rotatable bonds is 4. The largest absolute Gasteiger partial charge is 0.491 e. The Hall–Kier alpha value is -3.39. The number of amides is 1. The number of alkyl halides is 3. The summed E-state index contributed by atoms with van der Waals surface area (Å²) < 4.78 is 43.4. The van der Waals surface area contributed by atoms with Gasteiger partial charge in [-0.3, -0.25) is 4.79 Å². The minimum Gasteiger partial charge on any atom is -0.418 e. The molecule has 3 aromatic rings. The predicted molar refractivity (Wildman–Crippen MR) is 118 cm³/mol. The van der Waals surface area contributed by atoms with E-state index in [0.717, 1.165) is 11.1 Å². The molecule has 0 aliphatic carbocycles. The average Bonchev–Trinajstić information content (AvgIpc) is 2.83. The summed E-state index contributed by atoms with van der Waals surface area (Å²) in [6, 6.07) is 17.6. The van der Waals surface area contributed by atoms with Crippen molar-refractivity contribution < 1.29 is 27.5 Å². The summed E-state index contributed by atoms with van der Waals surface area (Å²) in [5, 5.41) is 0.840. The predicted octanol–water partition coefficient (Wildman–Crippen LogP) is 4.79. The number of fused-ring (bicyclic) bond motifs is 1. The first-order valence-electron chi connectivity index (χ1n) is 10.7. The van der Waals surface area contributed by atoms with Crippen LogP contribution in [0.3, 0.4) is 0 Å². The first-order valence-corrected chi connectivity index (χ1v) is 10.7. The molecule has 172 valence electrons. The summed E-state index contributed by atoms with van der Waals surface area (Å²) in [5.74, 6) is -2.91. The molecule has 1 aliphatic heterocycles. The molecule has 0 bridgehead atoms. The summed E-state index contributed by atoms with van der Waals surface area (Å²) in [6.45, 7) is 1.33. The molecule has 0 spiro atoms. The topological polar surface area (TPSA) is 72.6 Å². The number of piperidine rings is 1. The van der Waals surface area contributed by atoms with Crippen molar-refractivity contribution in [3.05, 3.63) is 77.4 Å². The molecule has 8 heteroatoms. The van der Waals surface area contributed by atoms with Crippen LogP contribution in [0.2, 0.25) is 0 Å². The van der Waals surface area contributed by atoms with Crippen LogP contribution in [0.4, 0.5) is 13.2 Å². The molecule has 0 radical (unpaired) electrons. The average molecular weight is 456 g/mol. The number of nitrogens with two attached hydrogens (primary N) is 1. The first-order chi connectivity index (χ1) is 15.8. The number of halogens is 3. The number of ether oxygens (including phenoxy) is 1. The molecule has 0 aromatic heterocycles. The van der Waals surface area contributed by atoms with Crippen molar-refractivity contribution in [1.29, 1.82) is 0 Å². The molecule has 1 amide bonds. The van der Waals surface area contributed by atoms with Gasteiger partial charge in [0, 0.05) is 25.0 Å². The number of nitrogens with zero attached hydrogens (tertiary/aromatic N) is 1. The van der Waals surface area contributed by atoms with Crippen molar-refractivity contribution in [3.8, 4) is 5.75 Å². The smallest absolute Gasteiger partial charge is 0.418 e. The molecule has 1 saturated heterocycles. The summed E-state index contributed by atoms with van der Waals surface area (Å²) in [7, 11) is 0. The van der Waals surface area contributed by atoms with E-state index in [9.17, 15) is 22.8 Å². The zero-order valence-electron chi connectivity index (χ0n) is 17.8. The van der Waals surface area contributed by atoms with Crippen molar-refractivity contribution in [1.82, 2.24) is 4.90 Å². The van der Waals surface area contributed by atoms with E-state index in [1.165, 1.54) is 12.1 Å². The Bertz CT molecular complexity index is 1180. The van der Waals surface area contributed by atoms with Gasteiger partial charge in [0.15, 0.2) is 5.75 Å². The number of esters is 1. The van der Waals surface area contributed by atoms with E-state index in [4.69, 9.17) is 10.5 Å². The van der Waals surface area contributed by atoms with E-state index in [1.54, 1.807) is 29.2 Å². The van der Waals surface area contributed by atoms with Gasteiger partial charge < -0.3 is 15.4 Å². The number of likely N-dealkylation sites (tertiary alicyclic amines) is 1. The van der Waals surface area contributed by atoms with Crippen LogP contribution in [-0.4, -0.2) is 36.0 Å². The standard InChI is InChI=1S/C25H23F3N2O3/c26-25(27,28)24(32)33-22-20-7-2-1-5-18(20)8-9-21(22)23(31)30-12-10-17(11-13-30)19-6-3-4-16(14-19)15-29/h1-9,14,17H,10-13,15,29H2. The Balaban J connectivity index is 1.58. The summed E-state index contributed by atoms with van der Waals surface area (Å²) in [4.78, 5) is 26.5. The Morgan fingerprint density at radius 2 is 1.73 bits per heavy atom. The maximum atomic E-state index is 13.3. The second-order valence-electron chi connectivity index (χ2n) is 8.07. The van der Waals surface area contributed by atoms with Crippen LogP contribution >= 0.6 is 0 Å². The van der Waals surface area contributed by atoms with Crippen molar-refractivity contribution in [2.45, 2.75) is 31.5 Å². The number of carbonyl (C=O) groups is 2. The minimum absolute atomic E-state index is 0.0603. The van der Waals surface area contributed by atoms with Crippen LogP contribution in [-0.2, 0) is 11.3 Å². The quantitative estimate of drug-likeness (QED) is 0.453. The van der Waals surface area contributed by atoms with E-state index in [2.05, 4.69) is 6.07 Å². The number of carbonyl (C=O) groups excluding carboxylic acids is 2. The molecule has 0 atom stereocenters. The van der Waals surface area contributed by atoms with E-state index in [0.29, 0.717) is 37.9 Å². The highest BCUT2D eigenvalue weighted by Gasteiger charge is 2.42. The van der Waals surface area contributed by atoms with Crippen LogP contribution in [0.1, 0.15) is 40.2 Å². The number of benzene rings is 3.